The number of pyridine rings is 1. The van der Waals surface area contributed by atoms with Gasteiger partial charge in [-0.05, 0) is 36.4 Å². The zero-order chi connectivity index (χ0) is 26.3. The topological polar surface area (TPSA) is 112 Å². The van der Waals surface area contributed by atoms with Crippen LogP contribution in [0.25, 0.3) is 10.9 Å². The number of carbonyl (C=O) groups excluding carboxylic acids is 1. The third-order valence-corrected chi connectivity index (χ3v) is 7.56. The molecule has 0 radical (unpaired) electrons. The third kappa shape index (κ3) is 5.08. The van der Waals surface area contributed by atoms with Gasteiger partial charge in [0.15, 0.2) is 0 Å². The molecule has 1 aliphatic heterocycles. The second-order valence-electron chi connectivity index (χ2n) is 8.33. The number of hydrogen-bond acceptors (Lipinski definition) is 6. The number of amides is 1. The lowest BCUT2D eigenvalue weighted by Crippen LogP contribution is -2.37. The zero-order valence-corrected chi connectivity index (χ0v) is 20.2. The first-order valence-corrected chi connectivity index (χ1v) is 12.3. The van der Waals surface area contributed by atoms with Gasteiger partial charge in [-0.25, -0.2) is 12.7 Å². The molecule has 0 aliphatic carbocycles. The Hall–Kier alpha value is -3.42. The van der Waals surface area contributed by atoms with Crippen LogP contribution in [0.2, 0.25) is 0 Å². The maximum atomic E-state index is 13.5. The van der Waals surface area contributed by atoms with Gasteiger partial charge in [-0.15, -0.1) is 0 Å². The monoisotopic (exact) mass is 524 g/mol. The number of rotatable bonds is 5. The molecule has 0 saturated carbocycles. The van der Waals surface area contributed by atoms with Crippen molar-refractivity contribution in [2.24, 2.45) is 0 Å². The normalized spacial score (nSPS) is 14.9. The van der Waals surface area contributed by atoms with E-state index in [0.717, 1.165) is 10.4 Å². The number of ether oxygens (including phenoxy) is 1. The smallest absolute Gasteiger partial charge is 0.378 e. The first-order valence-electron chi connectivity index (χ1n) is 10.8. The van der Waals surface area contributed by atoms with Crippen molar-refractivity contribution in [3.63, 3.8) is 0 Å². The molecule has 1 aromatic heterocycles. The minimum absolute atomic E-state index is 0.0393. The van der Waals surface area contributed by atoms with Crippen LogP contribution in [0.15, 0.2) is 52.2 Å². The van der Waals surface area contributed by atoms with Gasteiger partial charge in [-0.3, -0.25) is 9.59 Å². The van der Waals surface area contributed by atoms with Crippen molar-refractivity contribution in [2.75, 3.05) is 50.6 Å². The Labute approximate surface area is 204 Å². The van der Waals surface area contributed by atoms with E-state index >= 15 is 0 Å². The fourth-order valence-corrected chi connectivity index (χ4v) is 4.84. The van der Waals surface area contributed by atoms with Gasteiger partial charge in [0.25, 0.3) is 5.91 Å². The predicted octanol–water partition coefficient (Wildman–Crippen LogP) is 2.89. The van der Waals surface area contributed by atoms with Crippen LogP contribution in [0.3, 0.4) is 0 Å². The Balaban J connectivity index is 1.77. The molecule has 0 bridgehead atoms. The number of anilines is 2. The summed E-state index contributed by atoms with van der Waals surface area (Å²) in [6.45, 7) is 1.78. The van der Waals surface area contributed by atoms with E-state index in [2.05, 4.69) is 10.3 Å². The van der Waals surface area contributed by atoms with Crippen LogP contribution in [0.4, 0.5) is 24.5 Å². The number of halogens is 3. The Kier molecular flexibility index (Phi) is 6.82. The molecule has 1 amide bonds. The van der Waals surface area contributed by atoms with Crippen molar-refractivity contribution in [3.05, 3.63) is 63.9 Å². The minimum atomic E-state index is -4.78. The molecule has 2 aromatic carbocycles. The summed E-state index contributed by atoms with van der Waals surface area (Å²) >= 11 is 0. The molecule has 4 rings (SSSR count). The van der Waals surface area contributed by atoms with E-state index in [9.17, 15) is 31.2 Å². The van der Waals surface area contributed by atoms with Crippen LogP contribution in [0.5, 0.6) is 0 Å². The fraction of sp³-hybridized carbons (Fsp3) is 0.304. The Morgan fingerprint density at radius 2 is 1.78 bits per heavy atom. The molecule has 1 saturated heterocycles. The van der Waals surface area contributed by atoms with E-state index in [0.29, 0.717) is 38.1 Å². The first kappa shape index (κ1) is 25.7. The van der Waals surface area contributed by atoms with E-state index in [1.807, 2.05) is 4.90 Å². The maximum absolute atomic E-state index is 13.5. The number of hydrogen-bond donors (Lipinski definition) is 2. The summed E-state index contributed by atoms with van der Waals surface area (Å²) < 4.78 is 72.3. The van der Waals surface area contributed by atoms with E-state index in [4.69, 9.17) is 4.74 Å². The Morgan fingerprint density at radius 3 is 2.42 bits per heavy atom. The molecule has 3 aromatic rings. The summed E-state index contributed by atoms with van der Waals surface area (Å²) in [6, 6.07) is 8.36. The van der Waals surface area contributed by atoms with Gasteiger partial charge in [-0.1, -0.05) is 0 Å². The Bertz CT molecular complexity index is 1480. The molecule has 1 fully saturated rings. The maximum Gasteiger partial charge on any atom is 0.417 e. The van der Waals surface area contributed by atoms with Gasteiger partial charge < -0.3 is 19.9 Å². The van der Waals surface area contributed by atoms with Gasteiger partial charge in [-0.2, -0.15) is 13.2 Å². The molecular formula is C23H23F3N4O5S. The van der Waals surface area contributed by atoms with Crippen LogP contribution in [-0.2, 0) is 20.9 Å². The number of aromatic amines is 1. The molecule has 2 heterocycles. The molecular weight excluding hydrogens is 501 g/mol. The number of nitrogens with zero attached hydrogens (tertiary/aromatic N) is 2. The van der Waals surface area contributed by atoms with Gasteiger partial charge in [0.2, 0.25) is 15.6 Å². The highest BCUT2D eigenvalue weighted by Gasteiger charge is 2.33. The largest absolute Gasteiger partial charge is 0.417 e. The standard InChI is InChI=1S/C23H23F3N4O5S/c1-29(2)36(33,34)15-4-6-20(30-7-9-35-10-8-30)17(12-15)22(32)27-14-3-5-19-16(11-14)18(23(24,25)26)13-21(31)28-19/h3-6,11-13H,7-10H2,1-2H3,(H,27,32)(H,28,31). The SMILES string of the molecule is CN(C)S(=O)(=O)c1ccc(N2CCOCC2)c(C(=O)Nc2ccc3[nH]c(=O)cc(C(F)(F)F)c3c2)c1. The van der Waals surface area contributed by atoms with Crippen LogP contribution in [0, 0.1) is 0 Å². The highest BCUT2D eigenvalue weighted by Crippen LogP contribution is 2.34. The van der Waals surface area contributed by atoms with E-state index < -0.39 is 33.2 Å². The molecule has 0 atom stereocenters. The van der Waals surface area contributed by atoms with Crippen molar-refractivity contribution < 1.29 is 31.1 Å². The molecule has 0 spiro atoms. The van der Waals surface area contributed by atoms with Crippen molar-refractivity contribution in [1.29, 1.82) is 0 Å². The number of carbonyl (C=O) groups is 1. The number of fused-ring (bicyclic) bond motifs is 1. The summed E-state index contributed by atoms with van der Waals surface area (Å²) in [5, 5.41) is 2.27. The van der Waals surface area contributed by atoms with Crippen molar-refractivity contribution >= 4 is 38.2 Å². The minimum Gasteiger partial charge on any atom is -0.378 e. The van der Waals surface area contributed by atoms with Crippen LogP contribution in [0.1, 0.15) is 15.9 Å². The van der Waals surface area contributed by atoms with Crippen molar-refractivity contribution in [1.82, 2.24) is 9.29 Å². The van der Waals surface area contributed by atoms with E-state index in [-0.39, 0.29) is 27.0 Å². The van der Waals surface area contributed by atoms with Gasteiger partial charge in [0, 0.05) is 55.5 Å². The molecule has 1 aliphatic rings. The highest BCUT2D eigenvalue weighted by molar-refractivity contribution is 7.89. The number of alkyl halides is 3. The molecule has 13 heteroatoms. The first-order chi connectivity index (χ1) is 16.9. The number of nitrogens with one attached hydrogen (secondary N) is 2. The lowest BCUT2D eigenvalue weighted by atomic mass is 10.1. The quantitative estimate of drug-likeness (QED) is 0.531. The van der Waals surface area contributed by atoms with Crippen LogP contribution >= 0.6 is 0 Å². The second-order valence-corrected chi connectivity index (χ2v) is 10.5. The molecule has 192 valence electrons. The predicted molar refractivity (Wildman–Crippen MR) is 128 cm³/mol. The van der Waals surface area contributed by atoms with Crippen molar-refractivity contribution in [2.45, 2.75) is 11.1 Å². The lowest BCUT2D eigenvalue weighted by Gasteiger charge is -2.30. The van der Waals surface area contributed by atoms with Crippen molar-refractivity contribution in [3.8, 4) is 0 Å². The summed E-state index contributed by atoms with van der Waals surface area (Å²) in [6.07, 6.45) is -4.78. The number of benzene rings is 2. The van der Waals surface area contributed by atoms with Gasteiger partial charge in [0.1, 0.15) is 0 Å². The number of aromatic nitrogens is 1. The fourth-order valence-electron chi connectivity index (χ4n) is 3.91. The third-order valence-electron chi connectivity index (χ3n) is 5.75. The summed E-state index contributed by atoms with van der Waals surface area (Å²) in [4.78, 5) is 29.1. The van der Waals surface area contributed by atoms with Gasteiger partial charge >= 0.3 is 6.18 Å². The summed E-state index contributed by atoms with van der Waals surface area (Å²) in [7, 11) is -1.13. The molecule has 0 unspecified atom stereocenters. The molecule has 36 heavy (non-hydrogen) atoms. The summed E-state index contributed by atoms with van der Waals surface area (Å²) in [5.74, 6) is -0.704. The number of H-pyrrole nitrogens is 1. The number of morpholine rings is 1. The van der Waals surface area contributed by atoms with Crippen LogP contribution in [-0.4, -0.2) is 64.0 Å². The number of sulfonamides is 1. The second kappa shape index (κ2) is 9.56. The van der Waals surface area contributed by atoms with Crippen LogP contribution < -0.4 is 15.8 Å². The Morgan fingerprint density at radius 1 is 1.08 bits per heavy atom. The van der Waals surface area contributed by atoms with E-state index in [1.54, 1.807) is 0 Å². The molecule has 9 nitrogen and oxygen atoms in total. The molecule has 2 N–H and O–H groups in total. The average Bonchev–Trinajstić information content (AvgIpc) is 2.83. The average molecular weight is 525 g/mol. The van der Waals surface area contributed by atoms with Gasteiger partial charge in [0.05, 0.1) is 29.2 Å². The highest BCUT2D eigenvalue weighted by atomic mass is 32.2. The lowest BCUT2D eigenvalue weighted by molar-refractivity contribution is -0.136. The summed E-state index contributed by atoms with van der Waals surface area (Å²) in [5.41, 5.74) is -1.53. The van der Waals surface area contributed by atoms with E-state index in [1.165, 1.54) is 44.4 Å². The zero-order valence-electron chi connectivity index (χ0n) is 19.3.